The first-order valence-electron chi connectivity index (χ1n) is 12.3. The molecule has 1 aliphatic heterocycles. The first-order chi connectivity index (χ1) is 16.5. The van der Waals surface area contributed by atoms with Gasteiger partial charge in [-0.15, -0.1) is 0 Å². The van der Waals surface area contributed by atoms with E-state index in [0.717, 1.165) is 60.1 Å². The Morgan fingerprint density at radius 3 is 2.74 bits per heavy atom. The highest BCUT2D eigenvalue weighted by molar-refractivity contribution is 7.22. The van der Waals surface area contributed by atoms with E-state index in [2.05, 4.69) is 36.2 Å². The summed E-state index contributed by atoms with van der Waals surface area (Å²) in [5.41, 5.74) is 4.68. The van der Waals surface area contributed by atoms with Crippen molar-refractivity contribution in [2.45, 2.75) is 47.0 Å². The van der Waals surface area contributed by atoms with E-state index >= 15 is 0 Å². The second-order valence-corrected chi connectivity index (χ2v) is 9.91. The zero-order chi connectivity index (χ0) is 24.1. The third kappa shape index (κ3) is 5.63. The van der Waals surface area contributed by atoms with Gasteiger partial charge in [-0.25, -0.2) is 4.98 Å². The summed E-state index contributed by atoms with van der Waals surface area (Å²) >= 11 is 1.73. The number of benzene rings is 2. The van der Waals surface area contributed by atoms with Gasteiger partial charge >= 0.3 is 0 Å². The number of ether oxygens (including phenoxy) is 2. The van der Waals surface area contributed by atoms with Crippen molar-refractivity contribution >= 4 is 32.6 Å². The quantitative estimate of drug-likeness (QED) is 0.450. The molecule has 2 aromatic carbocycles. The van der Waals surface area contributed by atoms with E-state index in [9.17, 15) is 4.79 Å². The molecule has 6 nitrogen and oxygen atoms in total. The average molecular weight is 482 g/mol. The van der Waals surface area contributed by atoms with Gasteiger partial charge in [-0.1, -0.05) is 23.5 Å². The maximum absolute atomic E-state index is 12.9. The molecule has 2 heterocycles. The van der Waals surface area contributed by atoms with Gasteiger partial charge in [0.25, 0.3) is 0 Å². The molecule has 0 aliphatic carbocycles. The van der Waals surface area contributed by atoms with E-state index in [-0.39, 0.29) is 11.8 Å². The summed E-state index contributed by atoms with van der Waals surface area (Å²) < 4.78 is 12.6. The molecular weight excluding hydrogens is 446 g/mol. The Morgan fingerprint density at radius 2 is 1.94 bits per heavy atom. The fourth-order valence-electron chi connectivity index (χ4n) is 4.58. The molecular formula is C27H35N3O3S. The van der Waals surface area contributed by atoms with Gasteiger partial charge in [-0.2, -0.15) is 0 Å². The lowest BCUT2D eigenvalue weighted by atomic mass is 9.97. The van der Waals surface area contributed by atoms with Crippen molar-refractivity contribution in [1.29, 1.82) is 0 Å². The second kappa shape index (κ2) is 11.1. The standard InChI is InChI=1S/C27H35N3O3S/c1-5-32-22-10-9-20(16-23(22)33-6-2)11-12-28-26(31)21-8-7-13-30(17-21)27-29-25-19(4)14-18(3)15-24(25)34-27/h9-10,14-16,21H,5-8,11-13,17H2,1-4H3,(H,28,31)/t21-/m0/s1. The number of carbonyl (C=O) groups is 1. The van der Waals surface area contributed by atoms with Crippen LogP contribution in [-0.2, 0) is 11.2 Å². The van der Waals surface area contributed by atoms with Gasteiger partial charge in [0.15, 0.2) is 16.6 Å². The molecule has 1 amide bonds. The van der Waals surface area contributed by atoms with Crippen LogP contribution in [0.2, 0.25) is 0 Å². The van der Waals surface area contributed by atoms with Crippen LogP contribution in [0, 0.1) is 19.8 Å². The van der Waals surface area contributed by atoms with Crippen LogP contribution in [0.4, 0.5) is 5.13 Å². The number of hydrogen-bond acceptors (Lipinski definition) is 6. The molecule has 1 aromatic heterocycles. The molecule has 0 bridgehead atoms. The molecule has 0 radical (unpaired) electrons. The van der Waals surface area contributed by atoms with Gasteiger partial charge in [0.05, 0.1) is 29.3 Å². The molecule has 4 rings (SSSR count). The number of rotatable bonds is 9. The number of anilines is 1. The van der Waals surface area contributed by atoms with Crippen molar-refractivity contribution in [3.05, 3.63) is 47.0 Å². The first kappa shape index (κ1) is 24.3. The summed E-state index contributed by atoms with van der Waals surface area (Å²) in [4.78, 5) is 20.1. The number of nitrogens with one attached hydrogen (secondary N) is 1. The summed E-state index contributed by atoms with van der Waals surface area (Å²) in [6.07, 6.45) is 2.68. The average Bonchev–Trinajstić information content (AvgIpc) is 3.25. The Bertz CT molecular complexity index is 1140. The number of nitrogens with zero attached hydrogens (tertiary/aromatic N) is 2. The van der Waals surface area contributed by atoms with Crippen LogP contribution in [0.15, 0.2) is 30.3 Å². The minimum atomic E-state index is -0.0112. The van der Waals surface area contributed by atoms with Gasteiger partial charge in [0, 0.05) is 19.6 Å². The Kier molecular flexibility index (Phi) is 7.93. The number of carbonyl (C=O) groups excluding carboxylic acids is 1. The SMILES string of the molecule is CCOc1ccc(CCNC(=O)[C@H]2CCCN(c3nc4c(C)cc(C)cc4s3)C2)cc1OCC. The molecule has 182 valence electrons. The van der Waals surface area contributed by atoms with Crippen molar-refractivity contribution in [3.8, 4) is 11.5 Å². The van der Waals surface area contributed by atoms with Gasteiger partial charge in [0.1, 0.15) is 0 Å². The summed E-state index contributed by atoms with van der Waals surface area (Å²) in [5, 5.41) is 4.18. The fourth-order valence-corrected chi connectivity index (χ4v) is 5.76. The molecule has 1 aliphatic rings. The molecule has 0 spiro atoms. The fraction of sp³-hybridized carbons (Fsp3) is 0.481. The number of aryl methyl sites for hydroxylation is 2. The normalized spacial score (nSPS) is 16.0. The van der Waals surface area contributed by atoms with Crippen molar-refractivity contribution in [2.24, 2.45) is 5.92 Å². The van der Waals surface area contributed by atoms with E-state index in [1.54, 1.807) is 11.3 Å². The molecule has 3 aromatic rings. The monoisotopic (exact) mass is 481 g/mol. The third-order valence-electron chi connectivity index (χ3n) is 6.20. The van der Waals surface area contributed by atoms with Crippen LogP contribution in [0.3, 0.4) is 0 Å². The lowest BCUT2D eigenvalue weighted by Crippen LogP contribution is -2.43. The van der Waals surface area contributed by atoms with Crippen LogP contribution in [-0.4, -0.2) is 43.7 Å². The van der Waals surface area contributed by atoms with Gasteiger partial charge < -0.3 is 19.7 Å². The Hall–Kier alpha value is -2.80. The topological polar surface area (TPSA) is 63.7 Å². The highest BCUT2D eigenvalue weighted by atomic mass is 32.1. The first-order valence-corrected chi connectivity index (χ1v) is 13.1. The number of hydrogen-bond donors (Lipinski definition) is 1. The van der Waals surface area contributed by atoms with E-state index in [0.29, 0.717) is 19.8 Å². The molecule has 0 saturated carbocycles. The zero-order valence-corrected chi connectivity index (χ0v) is 21.5. The predicted molar refractivity (Wildman–Crippen MR) is 140 cm³/mol. The molecule has 1 N–H and O–H groups in total. The smallest absolute Gasteiger partial charge is 0.224 e. The maximum Gasteiger partial charge on any atom is 0.224 e. The molecule has 1 saturated heterocycles. The van der Waals surface area contributed by atoms with E-state index in [4.69, 9.17) is 14.5 Å². The Balaban J connectivity index is 1.34. The van der Waals surface area contributed by atoms with E-state index in [1.165, 1.54) is 15.8 Å². The molecule has 7 heteroatoms. The minimum absolute atomic E-state index is 0.0112. The summed E-state index contributed by atoms with van der Waals surface area (Å²) in [6.45, 7) is 11.6. The number of fused-ring (bicyclic) bond motifs is 1. The van der Waals surface area contributed by atoms with Crippen molar-refractivity contribution in [1.82, 2.24) is 10.3 Å². The van der Waals surface area contributed by atoms with Crippen LogP contribution in [0.5, 0.6) is 11.5 Å². The van der Waals surface area contributed by atoms with E-state index < -0.39 is 0 Å². The van der Waals surface area contributed by atoms with Crippen molar-refractivity contribution in [2.75, 3.05) is 37.7 Å². The predicted octanol–water partition coefficient (Wildman–Crippen LogP) is 5.29. The van der Waals surface area contributed by atoms with Crippen molar-refractivity contribution < 1.29 is 14.3 Å². The minimum Gasteiger partial charge on any atom is -0.490 e. The van der Waals surface area contributed by atoms with Gasteiger partial charge in [-0.3, -0.25) is 4.79 Å². The van der Waals surface area contributed by atoms with Crippen LogP contribution in [0.25, 0.3) is 10.2 Å². The summed E-state index contributed by atoms with van der Waals surface area (Å²) in [6, 6.07) is 10.4. The Morgan fingerprint density at radius 1 is 1.15 bits per heavy atom. The maximum atomic E-state index is 12.9. The highest BCUT2D eigenvalue weighted by Crippen LogP contribution is 2.34. The largest absolute Gasteiger partial charge is 0.490 e. The number of thiazole rings is 1. The molecule has 1 fully saturated rings. The van der Waals surface area contributed by atoms with Crippen LogP contribution >= 0.6 is 11.3 Å². The van der Waals surface area contributed by atoms with Gasteiger partial charge in [-0.05, 0) is 81.8 Å². The van der Waals surface area contributed by atoms with Crippen molar-refractivity contribution in [3.63, 3.8) is 0 Å². The van der Waals surface area contributed by atoms with E-state index in [1.807, 2.05) is 32.0 Å². The molecule has 0 unspecified atom stereocenters. The molecule has 34 heavy (non-hydrogen) atoms. The number of piperidine rings is 1. The summed E-state index contributed by atoms with van der Waals surface area (Å²) in [7, 11) is 0. The van der Waals surface area contributed by atoms with Crippen LogP contribution < -0.4 is 19.7 Å². The number of amides is 1. The highest BCUT2D eigenvalue weighted by Gasteiger charge is 2.27. The lowest BCUT2D eigenvalue weighted by Gasteiger charge is -2.31. The Labute approximate surface area is 206 Å². The zero-order valence-electron chi connectivity index (χ0n) is 20.6. The second-order valence-electron chi connectivity index (χ2n) is 8.90. The van der Waals surface area contributed by atoms with Crippen LogP contribution in [0.1, 0.15) is 43.4 Å². The molecule has 1 atom stereocenters. The number of aromatic nitrogens is 1. The third-order valence-corrected chi connectivity index (χ3v) is 7.27. The lowest BCUT2D eigenvalue weighted by molar-refractivity contribution is -0.125. The summed E-state index contributed by atoms with van der Waals surface area (Å²) in [5.74, 6) is 1.65. The van der Waals surface area contributed by atoms with Gasteiger partial charge in [0.2, 0.25) is 5.91 Å².